The van der Waals surface area contributed by atoms with Gasteiger partial charge in [0.05, 0.1) is 7.11 Å². The molecule has 1 aliphatic heterocycles. The third-order valence-electron chi connectivity index (χ3n) is 1.98. The molecule has 4 nitrogen and oxygen atoms in total. The van der Waals surface area contributed by atoms with Gasteiger partial charge in [-0.3, -0.25) is 0 Å². The van der Waals surface area contributed by atoms with Gasteiger partial charge < -0.3 is 14.8 Å². The van der Waals surface area contributed by atoms with Crippen LogP contribution in [-0.2, 0) is 9.47 Å². The van der Waals surface area contributed by atoms with Crippen molar-refractivity contribution in [1.82, 2.24) is 5.32 Å². The summed E-state index contributed by atoms with van der Waals surface area (Å²) >= 11 is 0. The third kappa shape index (κ3) is 3.09. The van der Waals surface area contributed by atoms with Gasteiger partial charge in [-0.1, -0.05) is 6.42 Å². The van der Waals surface area contributed by atoms with Crippen LogP contribution in [0.5, 0.6) is 0 Å². The van der Waals surface area contributed by atoms with Gasteiger partial charge in [0.25, 0.3) is 0 Å². The summed E-state index contributed by atoms with van der Waals surface area (Å²) in [6.45, 7) is 1.45. The molecule has 0 amide bonds. The zero-order chi connectivity index (χ0) is 8.81. The molecule has 1 atom stereocenters. The van der Waals surface area contributed by atoms with Crippen molar-refractivity contribution in [3.8, 4) is 0 Å². The van der Waals surface area contributed by atoms with E-state index in [0.717, 1.165) is 13.0 Å². The summed E-state index contributed by atoms with van der Waals surface area (Å²) in [5.74, 6) is 0. The van der Waals surface area contributed by atoms with Crippen molar-refractivity contribution in [3.05, 3.63) is 0 Å². The quantitative estimate of drug-likeness (QED) is 0.630. The fraction of sp³-hybridized carbons (Fsp3) is 0.875. The molecule has 1 fully saturated rings. The van der Waals surface area contributed by atoms with E-state index in [0.29, 0.717) is 12.6 Å². The maximum Gasteiger partial charge on any atom is 0.508 e. The molecule has 0 aromatic rings. The van der Waals surface area contributed by atoms with Crippen molar-refractivity contribution >= 4 is 6.16 Å². The first kappa shape index (κ1) is 9.32. The number of piperidine rings is 1. The summed E-state index contributed by atoms with van der Waals surface area (Å²) in [6.07, 6.45) is 2.91. The zero-order valence-corrected chi connectivity index (χ0v) is 7.34. The highest BCUT2D eigenvalue weighted by Crippen LogP contribution is 2.06. The first-order valence-electron chi connectivity index (χ1n) is 4.27. The minimum absolute atomic E-state index is 0.317. The predicted molar refractivity (Wildman–Crippen MR) is 44.0 cm³/mol. The van der Waals surface area contributed by atoms with E-state index in [9.17, 15) is 4.79 Å². The lowest BCUT2D eigenvalue weighted by molar-refractivity contribution is 0.0621. The second-order valence-corrected chi connectivity index (χ2v) is 2.91. The molecule has 1 unspecified atom stereocenters. The van der Waals surface area contributed by atoms with Crippen molar-refractivity contribution in [2.45, 2.75) is 25.3 Å². The monoisotopic (exact) mass is 173 g/mol. The van der Waals surface area contributed by atoms with E-state index < -0.39 is 6.16 Å². The van der Waals surface area contributed by atoms with Gasteiger partial charge in [0.2, 0.25) is 0 Å². The second kappa shape index (κ2) is 4.98. The lowest BCUT2D eigenvalue weighted by Gasteiger charge is -2.22. The van der Waals surface area contributed by atoms with E-state index >= 15 is 0 Å². The number of methoxy groups -OCH3 is 1. The topological polar surface area (TPSA) is 47.6 Å². The van der Waals surface area contributed by atoms with Crippen molar-refractivity contribution < 1.29 is 14.3 Å². The molecule has 0 spiro atoms. The summed E-state index contributed by atoms with van der Waals surface area (Å²) in [5.41, 5.74) is 0. The van der Waals surface area contributed by atoms with Gasteiger partial charge in [-0.2, -0.15) is 0 Å². The maximum atomic E-state index is 10.6. The molecular weight excluding hydrogens is 158 g/mol. The molecule has 12 heavy (non-hydrogen) atoms. The molecule has 70 valence electrons. The Hall–Kier alpha value is -0.770. The van der Waals surface area contributed by atoms with Gasteiger partial charge >= 0.3 is 6.16 Å². The van der Waals surface area contributed by atoms with Gasteiger partial charge in [0, 0.05) is 6.04 Å². The van der Waals surface area contributed by atoms with E-state index in [4.69, 9.17) is 4.74 Å². The minimum Gasteiger partial charge on any atom is -0.438 e. The van der Waals surface area contributed by atoms with E-state index in [1.165, 1.54) is 20.0 Å². The molecule has 1 aliphatic rings. The third-order valence-corrected chi connectivity index (χ3v) is 1.98. The average molecular weight is 173 g/mol. The highest BCUT2D eigenvalue weighted by molar-refractivity contribution is 5.59. The van der Waals surface area contributed by atoms with Crippen LogP contribution in [0.3, 0.4) is 0 Å². The predicted octanol–water partition coefficient (Wildman–Crippen LogP) is 0.911. The van der Waals surface area contributed by atoms with Gasteiger partial charge in [0.15, 0.2) is 0 Å². The standard InChI is InChI=1S/C8H15NO3/c1-11-8(10)12-6-7-4-2-3-5-9-7/h7,9H,2-6H2,1H3. The molecule has 1 saturated heterocycles. The van der Waals surface area contributed by atoms with Crippen LogP contribution in [0.15, 0.2) is 0 Å². The van der Waals surface area contributed by atoms with E-state index in [-0.39, 0.29) is 0 Å². The molecule has 0 radical (unpaired) electrons. The Bertz CT molecular complexity index is 143. The van der Waals surface area contributed by atoms with Gasteiger partial charge in [-0.05, 0) is 19.4 Å². The van der Waals surface area contributed by atoms with Crippen molar-refractivity contribution in [1.29, 1.82) is 0 Å². The summed E-state index contributed by atoms with van der Waals surface area (Å²) in [6, 6.07) is 0.317. The first-order chi connectivity index (χ1) is 5.83. The Morgan fingerprint density at radius 1 is 1.58 bits per heavy atom. The fourth-order valence-corrected chi connectivity index (χ4v) is 1.29. The molecule has 4 heteroatoms. The number of rotatable bonds is 2. The van der Waals surface area contributed by atoms with Crippen LogP contribution in [0.4, 0.5) is 4.79 Å². The first-order valence-corrected chi connectivity index (χ1v) is 4.27. The molecule has 0 bridgehead atoms. The van der Waals surface area contributed by atoms with Crippen LogP contribution in [-0.4, -0.2) is 32.5 Å². The molecule has 0 saturated carbocycles. The minimum atomic E-state index is -0.595. The van der Waals surface area contributed by atoms with Crippen LogP contribution in [0.2, 0.25) is 0 Å². The molecule has 1 rings (SSSR count). The molecule has 0 aromatic heterocycles. The Balaban J connectivity index is 2.09. The summed E-state index contributed by atoms with van der Waals surface area (Å²) < 4.78 is 9.16. The van der Waals surface area contributed by atoms with Crippen molar-refractivity contribution in [2.75, 3.05) is 20.3 Å². The normalized spacial score (nSPS) is 23.2. The molecule has 0 aromatic carbocycles. The number of carbonyl (C=O) groups is 1. The largest absolute Gasteiger partial charge is 0.508 e. The highest BCUT2D eigenvalue weighted by atomic mass is 16.7. The van der Waals surface area contributed by atoms with Crippen LogP contribution < -0.4 is 5.32 Å². The van der Waals surface area contributed by atoms with Crippen LogP contribution in [0.25, 0.3) is 0 Å². The highest BCUT2D eigenvalue weighted by Gasteiger charge is 2.14. The molecular formula is C8H15NO3. The number of carbonyl (C=O) groups excluding carboxylic acids is 1. The number of ether oxygens (including phenoxy) is 2. The average Bonchev–Trinajstić information content (AvgIpc) is 2.16. The van der Waals surface area contributed by atoms with Crippen LogP contribution >= 0.6 is 0 Å². The Labute approximate surface area is 72.2 Å². The van der Waals surface area contributed by atoms with Crippen LogP contribution in [0.1, 0.15) is 19.3 Å². The summed E-state index contributed by atoms with van der Waals surface area (Å²) in [7, 11) is 1.32. The van der Waals surface area contributed by atoms with Gasteiger partial charge in [-0.25, -0.2) is 4.79 Å². The SMILES string of the molecule is COC(=O)OCC1CCCCN1. The maximum absolute atomic E-state index is 10.6. The lowest BCUT2D eigenvalue weighted by Crippen LogP contribution is -2.38. The molecule has 1 N–H and O–H groups in total. The summed E-state index contributed by atoms with van der Waals surface area (Å²) in [4.78, 5) is 10.6. The van der Waals surface area contributed by atoms with E-state index in [1.807, 2.05) is 0 Å². The summed E-state index contributed by atoms with van der Waals surface area (Å²) in [5, 5.41) is 3.27. The second-order valence-electron chi connectivity index (χ2n) is 2.91. The Morgan fingerprint density at radius 2 is 2.42 bits per heavy atom. The van der Waals surface area contributed by atoms with Crippen LogP contribution in [0, 0.1) is 0 Å². The Morgan fingerprint density at radius 3 is 3.00 bits per heavy atom. The van der Waals surface area contributed by atoms with E-state index in [1.54, 1.807) is 0 Å². The van der Waals surface area contributed by atoms with E-state index in [2.05, 4.69) is 10.1 Å². The number of hydrogen-bond donors (Lipinski definition) is 1. The fourth-order valence-electron chi connectivity index (χ4n) is 1.29. The van der Waals surface area contributed by atoms with Crippen molar-refractivity contribution in [2.24, 2.45) is 0 Å². The van der Waals surface area contributed by atoms with Crippen molar-refractivity contribution in [3.63, 3.8) is 0 Å². The lowest BCUT2D eigenvalue weighted by atomic mass is 10.1. The smallest absolute Gasteiger partial charge is 0.438 e. The van der Waals surface area contributed by atoms with Gasteiger partial charge in [0.1, 0.15) is 6.61 Å². The van der Waals surface area contributed by atoms with Gasteiger partial charge in [-0.15, -0.1) is 0 Å². The molecule has 0 aliphatic carbocycles. The zero-order valence-electron chi connectivity index (χ0n) is 7.34. The number of hydrogen-bond acceptors (Lipinski definition) is 4. The molecule has 1 heterocycles. The Kier molecular flexibility index (Phi) is 3.87. The number of nitrogens with one attached hydrogen (secondary N) is 1.